The van der Waals surface area contributed by atoms with Gasteiger partial charge in [-0.25, -0.2) is 4.68 Å². The highest BCUT2D eigenvalue weighted by atomic mass is 32.1. The summed E-state index contributed by atoms with van der Waals surface area (Å²) in [6, 6.07) is 7.85. The molecule has 2 aliphatic rings. The number of piperidine rings is 2. The maximum Gasteiger partial charge on any atom is 0.225 e. The van der Waals surface area contributed by atoms with Gasteiger partial charge in [0, 0.05) is 37.5 Å². The average Bonchev–Trinajstić information content (AvgIpc) is 2.70. The van der Waals surface area contributed by atoms with Crippen molar-refractivity contribution in [3.63, 3.8) is 0 Å². The molecule has 2 saturated heterocycles. The van der Waals surface area contributed by atoms with Crippen LogP contribution in [0, 0.1) is 16.5 Å². The molecule has 0 bridgehead atoms. The molecule has 4 rings (SSSR count). The number of carbonyl (C=O) groups is 1. The number of hydrogen-bond donors (Lipinski definition) is 0. The Balaban J connectivity index is 1.36. The quantitative estimate of drug-likeness (QED) is 0.760. The van der Waals surface area contributed by atoms with E-state index < -0.39 is 0 Å². The molecule has 0 saturated carbocycles. The molecule has 2 fully saturated rings. The van der Waals surface area contributed by atoms with Crippen LogP contribution in [0.2, 0.25) is 0 Å². The number of nitrogens with zero attached hydrogens (tertiary/aromatic N) is 5. The van der Waals surface area contributed by atoms with Crippen molar-refractivity contribution in [2.24, 2.45) is 11.8 Å². The smallest absolute Gasteiger partial charge is 0.225 e. The summed E-state index contributed by atoms with van der Waals surface area (Å²) in [5.74, 6) is 1.17. The minimum Gasteiger partial charge on any atom is -0.342 e. The Morgan fingerprint density at radius 3 is 2.74 bits per heavy atom. The van der Waals surface area contributed by atoms with Crippen LogP contribution < -0.4 is 0 Å². The molecule has 144 valence electrons. The second-order valence-corrected chi connectivity index (χ2v) is 8.36. The van der Waals surface area contributed by atoms with Crippen LogP contribution in [0.1, 0.15) is 32.6 Å². The molecule has 27 heavy (non-hydrogen) atoms. The van der Waals surface area contributed by atoms with Gasteiger partial charge in [0.2, 0.25) is 5.91 Å². The third-order valence-electron chi connectivity index (χ3n) is 5.87. The van der Waals surface area contributed by atoms with E-state index in [0.29, 0.717) is 18.5 Å². The van der Waals surface area contributed by atoms with Crippen molar-refractivity contribution in [2.75, 3.05) is 26.2 Å². The lowest BCUT2D eigenvalue weighted by molar-refractivity contribution is -0.139. The van der Waals surface area contributed by atoms with Crippen molar-refractivity contribution in [3.05, 3.63) is 28.9 Å². The van der Waals surface area contributed by atoms with Crippen molar-refractivity contribution < 1.29 is 4.79 Å². The summed E-state index contributed by atoms with van der Waals surface area (Å²) >= 11 is 5.60. The molecule has 6 nitrogen and oxygen atoms in total. The third kappa shape index (κ3) is 4.04. The summed E-state index contributed by atoms with van der Waals surface area (Å²) in [6.07, 6.45) is 4.22. The highest BCUT2D eigenvalue weighted by Crippen LogP contribution is 2.24. The monoisotopic (exact) mass is 385 g/mol. The zero-order valence-corrected chi connectivity index (χ0v) is 16.7. The molecule has 3 heterocycles. The molecule has 1 amide bonds. The lowest BCUT2D eigenvalue weighted by Gasteiger charge is -2.37. The predicted octanol–water partition coefficient (Wildman–Crippen LogP) is 3.09. The van der Waals surface area contributed by atoms with Crippen LogP contribution in [0.3, 0.4) is 0 Å². The van der Waals surface area contributed by atoms with Crippen LogP contribution in [0.5, 0.6) is 0 Å². The minimum atomic E-state index is 0.169. The van der Waals surface area contributed by atoms with E-state index in [0.717, 1.165) is 61.0 Å². The van der Waals surface area contributed by atoms with E-state index in [-0.39, 0.29) is 5.92 Å². The molecule has 0 aliphatic carbocycles. The summed E-state index contributed by atoms with van der Waals surface area (Å²) in [5, 5.41) is 9.52. The zero-order chi connectivity index (χ0) is 18.8. The van der Waals surface area contributed by atoms with Gasteiger partial charge in [-0.2, -0.15) is 0 Å². The van der Waals surface area contributed by atoms with E-state index in [4.69, 9.17) is 12.2 Å². The van der Waals surface area contributed by atoms with Gasteiger partial charge < -0.3 is 4.90 Å². The van der Waals surface area contributed by atoms with Gasteiger partial charge in [0.1, 0.15) is 4.64 Å². The molecule has 7 heteroatoms. The number of fused-ring (bicyclic) bond motifs is 1. The number of benzene rings is 1. The van der Waals surface area contributed by atoms with Crippen LogP contribution in [0.15, 0.2) is 24.3 Å². The second-order valence-electron chi connectivity index (χ2n) is 7.98. The predicted molar refractivity (Wildman–Crippen MR) is 108 cm³/mol. The zero-order valence-electron chi connectivity index (χ0n) is 15.9. The Bertz CT molecular complexity index is 874. The van der Waals surface area contributed by atoms with Crippen molar-refractivity contribution in [1.82, 2.24) is 24.8 Å². The van der Waals surface area contributed by atoms with Crippen molar-refractivity contribution in [2.45, 2.75) is 39.3 Å². The van der Waals surface area contributed by atoms with E-state index in [1.165, 1.54) is 6.42 Å². The number of aromatic nitrogens is 3. The summed E-state index contributed by atoms with van der Waals surface area (Å²) in [7, 11) is 0. The first-order chi connectivity index (χ1) is 13.1. The number of rotatable bonds is 3. The van der Waals surface area contributed by atoms with Crippen LogP contribution >= 0.6 is 12.2 Å². The molecule has 1 aromatic carbocycles. The van der Waals surface area contributed by atoms with E-state index in [2.05, 4.69) is 27.0 Å². The Morgan fingerprint density at radius 2 is 1.96 bits per heavy atom. The number of hydrogen-bond acceptors (Lipinski definition) is 5. The standard InChI is InChI=1S/C20H27N5OS/c1-15-5-4-10-24(13-15)19(26)16-8-11-23(12-9-16)14-25-20(27)17-6-2-3-7-18(17)21-22-25/h2-3,6-7,15-16H,4-5,8-14H2,1H3. The molecular formula is C20H27N5OS. The number of likely N-dealkylation sites (tertiary alicyclic amines) is 2. The molecule has 2 aliphatic heterocycles. The summed E-state index contributed by atoms with van der Waals surface area (Å²) < 4.78 is 2.52. The van der Waals surface area contributed by atoms with Gasteiger partial charge in [-0.1, -0.05) is 36.5 Å². The first kappa shape index (κ1) is 18.5. The van der Waals surface area contributed by atoms with Crippen molar-refractivity contribution >= 4 is 29.0 Å². The molecule has 0 radical (unpaired) electrons. The van der Waals surface area contributed by atoms with E-state index in [9.17, 15) is 4.79 Å². The second kappa shape index (κ2) is 8.02. The van der Waals surface area contributed by atoms with Crippen LogP contribution in [-0.4, -0.2) is 56.9 Å². The Morgan fingerprint density at radius 1 is 1.19 bits per heavy atom. The van der Waals surface area contributed by atoms with E-state index >= 15 is 0 Å². The average molecular weight is 386 g/mol. The fraction of sp³-hybridized carbons (Fsp3) is 0.600. The molecule has 2 aromatic rings. The molecule has 0 N–H and O–H groups in total. The Kier molecular flexibility index (Phi) is 5.50. The normalized spacial score (nSPS) is 22.3. The first-order valence-electron chi connectivity index (χ1n) is 9.95. The SMILES string of the molecule is CC1CCCN(C(=O)C2CCN(Cn3nnc4ccccc4c3=S)CC2)C1. The maximum atomic E-state index is 12.8. The molecule has 1 unspecified atom stereocenters. The highest BCUT2D eigenvalue weighted by molar-refractivity contribution is 7.71. The molecule has 0 spiro atoms. The fourth-order valence-corrected chi connectivity index (χ4v) is 4.54. The van der Waals surface area contributed by atoms with Crippen molar-refractivity contribution in [1.29, 1.82) is 0 Å². The lowest BCUT2D eigenvalue weighted by atomic mass is 9.93. The van der Waals surface area contributed by atoms with Gasteiger partial charge in [0.25, 0.3) is 0 Å². The highest BCUT2D eigenvalue weighted by Gasteiger charge is 2.30. The molecular weight excluding hydrogens is 358 g/mol. The van der Waals surface area contributed by atoms with Gasteiger partial charge in [-0.3, -0.25) is 9.69 Å². The summed E-state index contributed by atoms with van der Waals surface area (Å²) in [5.41, 5.74) is 0.832. The lowest BCUT2D eigenvalue weighted by Crippen LogP contribution is -2.46. The van der Waals surface area contributed by atoms with Crippen LogP contribution in [0.25, 0.3) is 10.9 Å². The van der Waals surface area contributed by atoms with Gasteiger partial charge >= 0.3 is 0 Å². The van der Waals surface area contributed by atoms with Crippen LogP contribution in [-0.2, 0) is 11.5 Å². The summed E-state index contributed by atoms with van der Waals surface area (Å²) in [4.78, 5) is 17.2. The third-order valence-corrected chi connectivity index (χ3v) is 6.30. The van der Waals surface area contributed by atoms with Gasteiger partial charge in [-0.05, 0) is 43.7 Å². The maximum absolute atomic E-state index is 12.8. The largest absolute Gasteiger partial charge is 0.342 e. The molecule has 1 aromatic heterocycles. The topological polar surface area (TPSA) is 54.3 Å². The number of carbonyl (C=O) groups excluding carboxylic acids is 1. The van der Waals surface area contributed by atoms with Gasteiger partial charge in [0.15, 0.2) is 0 Å². The Labute approximate surface area is 165 Å². The fourth-order valence-electron chi connectivity index (χ4n) is 4.27. The number of amides is 1. The van der Waals surface area contributed by atoms with E-state index in [1.807, 2.05) is 24.3 Å². The van der Waals surface area contributed by atoms with Gasteiger partial charge in [0.05, 0.1) is 12.2 Å². The first-order valence-corrected chi connectivity index (χ1v) is 10.4. The van der Waals surface area contributed by atoms with Crippen LogP contribution in [0.4, 0.5) is 0 Å². The minimum absolute atomic E-state index is 0.169. The van der Waals surface area contributed by atoms with E-state index in [1.54, 1.807) is 4.68 Å². The van der Waals surface area contributed by atoms with Crippen molar-refractivity contribution in [3.8, 4) is 0 Å². The molecule has 1 atom stereocenters. The Hall–Kier alpha value is -1.86. The summed E-state index contributed by atoms with van der Waals surface area (Å²) in [6.45, 7) is 6.55. The van der Waals surface area contributed by atoms with Gasteiger partial charge in [-0.15, -0.1) is 5.10 Å².